The number of sulfonamides is 1. The number of benzene rings is 1. The highest BCUT2D eigenvalue weighted by Gasteiger charge is 2.21. The van der Waals surface area contributed by atoms with Crippen LogP contribution in [-0.2, 0) is 10.0 Å². The second-order valence-corrected chi connectivity index (χ2v) is 6.83. The molecule has 0 aliphatic heterocycles. The number of para-hydroxylation sites is 1. The average molecular weight is 319 g/mol. The van der Waals surface area contributed by atoms with Crippen LogP contribution in [0.1, 0.15) is 12.8 Å². The summed E-state index contributed by atoms with van der Waals surface area (Å²) in [6.45, 7) is 0.504. The predicted octanol–water partition coefficient (Wildman–Crippen LogP) is 1.94. The van der Waals surface area contributed by atoms with E-state index < -0.39 is 10.0 Å². The summed E-state index contributed by atoms with van der Waals surface area (Å²) in [6.07, 6.45) is 2.33. The molecule has 0 atom stereocenters. The molecule has 2 N–H and O–H groups in total. The summed E-state index contributed by atoms with van der Waals surface area (Å²) < 4.78 is 26.9. The summed E-state index contributed by atoms with van der Waals surface area (Å²) in [5, 5.41) is 3.18. The molecule has 4 nitrogen and oxygen atoms in total. The quantitative estimate of drug-likeness (QED) is 0.842. The van der Waals surface area contributed by atoms with Gasteiger partial charge in [-0.1, -0.05) is 12.1 Å². The molecule has 1 fully saturated rings. The van der Waals surface area contributed by atoms with Crippen LogP contribution in [0.3, 0.4) is 0 Å². The van der Waals surface area contributed by atoms with Gasteiger partial charge in [0, 0.05) is 17.1 Å². The van der Waals surface area contributed by atoms with E-state index >= 15 is 0 Å². The molecule has 1 aliphatic carbocycles. The fraction of sp³-hybridized carbons (Fsp3) is 0.455. The first-order chi connectivity index (χ1) is 8.07. The third-order valence-corrected chi connectivity index (χ3v) is 4.48. The van der Waals surface area contributed by atoms with E-state index in [1.807, 2.05) is 6.07 Å². The molecule has 6 heteroatoms. The van der Waals surface area contributed by atoms with Gasteiger partial charge < -0.3 is 5.32 Å². The number of anilines is 1. The minimum atomic E-state index is -3.27. The molecular weight excluding hydrogens is 304 g/mol. The summed E-state index contributed by atoms with van der Waals surface area (Å²) in [7, 11) is -3.27. The van der Waals surface area contributed by atoms with Gasteiger partial charge in [-0.3, -0.25) is 4.72 Å². The molecule has 0 aromatic heterocycles. The maximum atomic E-state index is 11.8. The molecule has 1 saturated carbocycles. The van der Waals surface area contributed by atoms with Crippen LogP contribution in [-0.4, -0.2) is 26.8 Å². The molecule has 0 bridgehead atoms. The predicted molar refractivity (Wildman–Crippen MR) is 72.6 cm³/mol. The molecule has 0 unspecified atom stereocenters. The minimum absolute atomic E-state index is 0.102. The van der Waals surface area contributed by atoms with E-state index in [0.717, 1.165) is 17.3 Å². The van der Waals surface area contributed by atoms with Crippen LogP contribution in [0.25, 0.3) is 0 Å². The van der Waals surface area contributed by atoms with Crippen molar-refractivity contribution in [3.63, 3.8) is 0 Å². The van der Waals surface area contributed by atoms with E-state index in [4.69, 9.17) is 0 Å². The fourth-order valence-electron chi connectivity index (χ4n) is 1.45. The highest BCUT2D eigenvalue weighted by molar-refractivity contribution is 9.10. The fourth-order valence-corrected chi connectivity index (χ4v) is 2.96. The van der Waals surface area contributed by atoms with E-state index in [1.165, 1.54) is 0 Å². The molecule has 1 aromatic rings. The zero-order chi connectivity index (χ0) is 12.3. The van der Waals surface area contributed by atoms with Crippen LogP contribution in [0.2, 0.25) is 0 Å². The Morgan fingerprint density at radius 1 is 1.29 bits per heavy atom. The molecule has 94 valence electrons. The minimum Gasteiger partial charge on any atom is -0.313 e. The number of rotatable bonds is 6. The molecule has 17 heavy (non-hydrogen) atoms. The Bertz CT molecular complexity index is 486. The van der Waals surface area contributed by atoms with Gasteiger partial charge in [-0.2, -0.15) is 0 Å². The second-order valence-electron chi connectivity index (χ2n) is 4.13. The van der Waals surface area contributed by atoms with Crippen molar-refractivity contribution in [3.8, 4) is 0 Å². The SMILES string of the molecule is O=S(=O)(CCNC1CC1)Nc1ccccc1Br. The van der Waals surface area contributed by atoms with E-state index in [0.29, 0.717) is 18.3 Å². The molecule has 1 aromatic carbocycles. The number of hydrogen-bond donors (Lipinski definition) is 2. The summed E-state index contributed by atoms with van der Waals surface area (Å²) in [5.41, 5.74) is 0.582. The van der Waals surface area contributed by atoms with Gasteiger partial charge in [0.2, 0.25) is 10.0 Å². The first-order valence-corrected chi connectivity index (χ1v) is 8.00. The highest BCUT2D eigenvalue weighted by Crippen LogP contribution is 2.22. The topological polar surface area (TPSA) is 58.2 Å². The van der Waals surface area contributed by atoms with Crippen molar-refractivity contribution in [3.05, 3.63) is 28.7 Å². The van der Waals surface area contributed by atoms with Gasteiger partial charge in [0.25, 0.3) is 0 Å². The molecule has 2 rings (SSSR count). The van der Waals surface area contributed by atoms with Crippen molar-refractivity contribution >= 4 is 31.6 Å². The lowest BCUT2D eigenvalue weighted by molar-refractivity contribution is 0.595. The molecule has 0 amide bonds. The van der Waals surface area contributed by atoms with Crippen molar-refractivity contribution in [1.82, 2.24) is 5.32 Å². The molecule has 0 heterocycles. The Hall–Kier alpha value is -0.590. The Morgan fingerprint density at radius 3 is 2.65 bits per heavy atom. The van der Waals surface area contributed by atoms with Crippen LogP contribution in [0.4, 0.5) is 5.69 Å². The largest absolute Gasteiger partial charge is 0.313 e. The number of hydrogen-bond acceptors (Lipinski definition) is 3. The van der Waals surface area contributed by atoms with Gasteiger partial charge in [0.1, 0.15) is 0 Å². The van der Waals surface area contributed by atoms with Crippen LogP contribution in [0.15, 0.2) is 28.7 Å². The Labute approximate surface area is 110 Å². The molecule has 1 aliphatic rings. The van der Waals surface area contributed by atoms with E-state index in [-0.39, 0.29) is 5.75 Å². The van der Waals surface area contributed by atoms with Gasteiger partial charge >= 0.3 is 0 Å². The van der Waals surface area contributed by atoms with Crippen LogP contribution in [0, 0.1) is 0 Å². The number of halogens is 1. The van der Waals surface area contributed by atoms with Gasteiger partial charge in [-0.15, -0.1) is 0 Å². The smallest absolute Gasteiger partial charge is 0.234 e. The third-order valence-electron chi connectivity index (χ3n) is 2.52. The van der Waals surface area contributed by atoms with Crippen molar-refractivity contribution in [2.24, 2.45) is 0 Å². The molecule has 0 radical (unpaired) electrons. The highest BCUT2D eigenvalue weighted by atomic mass is 79.9. The second kappa shape index (κ2) is 5.37. The Morgan fingerprint density at radius 2 is 2.00 bits per heavy atom. The van der Waals surface area contributed by atoms with E-state index in [1.54, 1.807) is 18.2 Å². The third kappa shape index (κ3) is 4.29. The van der Waals surface area contributed by atoms with E-state index in [2.05, 4.69) is 26.0 Å². The zero-order valence-electron chi connectivity index (χ0n) is 9.32. The summed E-state index contributed by atoms with van der Waals surface area (Å²) >= 11 is 3.31. The monoisotopic (exact) mass is 318 g/mol. The first-order valence-electron chi connectivity index (χ1n) is 5.55. The van der Waals surface area contributed by atoms with E-state index in [9.17, 15) is 8.42 Å². The van der Waals surface area contributed by atoms with Crippen molar-refractivity contribution in [1.29, 1.82) is 0 Å². The Balaban J connectivity index is 1.89. The van der Waals surface area contributed by atoms with Gasteiger partial charge in [0.15, 0.2) is 0 Å². The lowest BCUT2D eigenvalue weighted by Gasteiger charge is -2.09. The average Bonchev–Trinajstić information content (AvgIpc) is 3.05. The first kappa shape index (κ1) is 12.9. The van der Waals surface area contributed by atoms with Crippen molar-refractivity contribution in [2.75, 3.05) is 17.0 Å². The summed E-state index contributed by atoms with van der Waals surface area (Å²) in [6, 6.07) is 7.71. The van der Waals surface area contributed by atoms with Gasteiger partial charge in [-0.25, -0.2) is 8.42 Å². The maximum Gasteiger partial charge on any atom is 0.234 e. The molecule has 0 spiro atoms. The summed E-state index contributed by atoms with van der Waals surface area (Å²) in [4.78, 5) is 0. The van der Waals surface area contributed by atoms with Crippen LogP contribution < -0.4 is 10.0 Å². The van der Waals surface area contributed by atoms with Crippen LogP contribution >= 0.6 is 15.9 Å². The van der Waals surface area contributed by atoms with Crippen LogP contribution in [0.5, 0.6) is 0 Å². The normalized spacial score (nSPS) is 15.8. The lowest BCUT2D eigenvalue weighted by Crippen LogP contribution is -2.28. The number of nitrogens with one attached hydrogen (secondary N) is 2. The van der Waals surface area contributed by atoms with Crippen molar-refractivity contribution < 1.29 is 8.42 Å². The van der Waals surface area contributed by atoms with Gasteiger partial charge in [-0.05, 0) is 40.9 Å². The summed E-state index contributed by atoms with van der Waals surface area (Å²) in [5.74, 6) is 0.102. The lowest BCUT2D eigenvalue weighted by atomic mass is 10.3. The Kier molecular flexibility index (Phi) is 4.06. The standard InChI is InChI=1S/C11H15BrN2O2S/c12-10-3-1-2-4-11(10)14-17(15,16)8-7-13-9-5-6-9/h1-4,9,13-14H,5-8H2. The van der Waals surface area contributed by atoms with Crippen molar-refractivity contribution in [2.45, 2.75) is 18.9 Å². The zero-order valence-corrected chi connectivity index (χ0v) is 11.7. The van der Waals surface area contributed by atoms with Gasteiger partial charge in [0.05, 0.1) is 11.4 Å². The maximum absolute atomic E-state index is 11.8. The molecular formula is C11H15BrN2O2S. The molecule has 0 saturated heterocycles.